The molecule has 0 aromatic heterocycles. The average molecular weight is 212 g/mol. The van der Waals surface area contributed by atoms with E-state index < -0.39 is 0 Å². The standard InChI is InChI=1S/C11H17FN2O/c1-8(2)15-7-11(14-13)9-3-5-10(12)6-4-9/h3-6,8,11,14H,7,13H2,1-2H3. The zero-order valence-electron chi connectivity index (χ0n) is 9.03. The molecule has 3 N–H and O–H groups in total. The highest BCUT2D eigenvalue weighted by molar-refractivity contribution is 5.19. The Bertz CT molecular complexity index is 287. The first-order valence-corrected chi connectivity index (χ1v) is 4.96. The molecule has 84 valence electrons. The zero-order chi connectivity index (χ0) is 11.3. The molecule has 0 aliphatic heterocycles. The van der Waals surface area contributed by atoms with Gasteiger partial charge in [0.05, 0.1) is 18.8 Å². The molecule has 1 aromatic rings. The van der Waals surface area contributed by atoms with Crippen molar-refractivity contribution in [2.75, 3.05) is 6.61 Å². The highest BCUT2D eigenvalue weighted by atomic mass is 19.1. The van der Waals surface area contributed by atoms with Gasteiger partial charge in [0, 0.05) is 0 Å². The van der Waals surface area contributed by atoms with Crippen LogP contribution < -0.4 is 11.3 Å². The summed E-state index contributed by atoms with van der Waals surface area (Å²) in [5, 5.41) is 0. The van der Waals surface area contributed by atoms with E-state index in [1.807, 2.05) is 13.8 Å². The smallest absolute Gasteiger partial charge is 0.123 e. The van der Waals surface area contributed by atoms with Gasteiger partial charge in [-0.15, -0.1) is 0 Å². The largest absolute Gasteiger partial charge is 0.377 e. The number of hydrogen-bond donors (Lipinski definition) is 2. The number of hydrazine groups is 1. The normalized spacial score (nSPS) is 13.1. The van der Waals surface area contributed by atoms with E-state index >= 15 is 0 Å². The van der Waals surface area contributed by atoms with Crippen LogP contribution in [0.2, 0.25) is 0 Å². The predicted octanol–water partition coefficient (Wildman–Crippen LogP) is 1.76. The molecule has 0 amide bonds. The summed E-state index contributed by atoms with van der Waals surface area (Å²) in [5.74, 6) is 5.15. The minimum atomic E-state index is -0.251. The van der Waals surface area contributed by atoms with Gasteiger partial charge in [-0.3, -0.25) is 11.3 Å². The molecule has 0 radical (unpaired) electrons. The molecular weight excluding hydrogens is 195 g/mol. The minimum absolute atomic E-state index is 0.104. The van der Waals surface area contributed by atoms with Gasteiger partial charge in [-0.1, -0.05) is 12.1 Å². The van der Waals surface area contributed by atoms with Gasteiger partial charge >= 0.3 is 0 Å². The third kappa shape index (κ3) is 3.95. The molecule has 0 saturated carbocycles. The molecule has 0 saturated heterocycles. The summed E-state index contributed by atoms with van der Waals surface area (Å²) in [7, 11) is 0. The highest BCUT2D eigenvalue weighted by Gasteiger charge is 2.10. The number of hydrogen-bond acceptors (Lipinski definition) is 3. The van der Waals surface area contributed by atoms with Crippen LogP contribution in [0, 0.1) is 5.82 Å². The van der Waals surface area contributed by atoms with Gasteiger partial charge in [-0.25, -0.2) is 4.39 Å². The molecule has 1 unspecified atom stereocenters. The van der Waals surface area contributed by atoms with Crippen LogP contribution in [-0.4, -0.2) is 12.7 Å². The second-order valence-electron chi connectivity index (χ2n) is 3.65. The Morgan fingerprint density at radius 2 is 1.93 bits per heavy atom. The fourth-order valence-electron chi connectivity index (χ4n) is 1.22. The molecule has 15 heavy (non-hydrogen) atoms. The van der Waals surface area contributed by atoms with Crippen molar-refractivity contribution in [2.45, 2.75) is 26.0 Å². The molecule has 1 atom stereocenters. The summed E-state index contributed by atoms with van der Waals surface area (Å²) < 4.78 is 18.1. The van der Waals surface area contributed by atoms with E-state index in [0.717, 1.165) is 5.56 Å². The Balaban J connectivity index is 2.61. The van der Waals surface area contributed by atoms with E-state index in [1.54, 1.807) is 12.1 Å². The topological polar surface area (TPSA) is 47.3 Å². The molecule has 4 heteroatoms. The molecule has 0 aliphatic carbocycles. The van der Waals surface area contributed by atoms with Crippen molar-refractivity contribution < 1.29 is 9.13 Å². The van der Waals surface area contributed by atoms with Crippen LogP contribution in [0.25, 0.3) is 0 Å². The van der Waals surface area contributed by atoms with Crippen LogP contribution in [0.3, 0.4) is 0 Å². The van der Waals surface area contributed by atoms with Crippen LogP contribution in [0.1, 0.15) is 25.5 Å². The van der Waals surface area contributed by atoms with E-state index in [-0.39, 0.29) is 18.0 Å². The van der Waals surface area contributed by atoms with Crippen molar-refractivity contribution in [3.05, 3.63) is 35.6 Å². The molecule has 0 spiro atoms. The molecule has 0 fully saturated rings. The maximum Gasteiger partial charge on any atom is 0.123 e. The lowest BCUT2D eigenvalue weighted by molar-refractivity contribution is 0.0611. The van der Waals surface area contributed by atoms with E-state index in [0.29, 0.717) is 6.61 Å². The van der Waals surface area contributed by atoms with E-state index in [9.17, 15) is 4.39 Å². The summed E-state index contributed by atoms with van der Waals surface area (Å²) in [4.78, 5) is 0. The third-order valence-corrected chi connectivity index (χ3v) is 2.07. The number of nitrogens with two attached hydrogens (primary N) is 1. The van der Waals surface area contributed by atoms with Gasteiger partial charge in [0.1, 0.15) is 5.82 Å². The molecular formula is C11H17FN2O. The maximum absolute atomic E-state index is 12.7. The van der Waals surface area contributed by atoms with Crippen LogP contribution in [0.15, 0.2) is 24.3 Å². The summed E-state index contributed by atoms with van der Waals surface area (Å²) >= 11 is 0. The van der Waals surface area contributed by atoms with Gasteiger partial charge in [-0.05, 0) is 31.5 Å². The lowest BCUT2D eigenvalue weighted by Gasteiger charge is -2.18. The third-order valence-electron chi connectivity index (χ3n) is 2.07. The Kier molecular flexibility index (Phi) is 4.68. The van der Waals surface area contributed by atoms with Gasteiger partial charge < -0.3 is 4.74 Å². The first kappa shape index (κ1) is 12.1. The van der Waals surface area contributed by atoms with E-state index in [1.165, 1.54) is 12.1 Å². The van der Waals surface area contributed by atoms with Crippen LogP contribution in [-0.2, 0) is 4.74 Å². The fraction of sp³-hybridized carbons (Fsp3) is 0.455. The summed E-state index contributed by atoms with van der Waals surface area (Å²) in [6.45, 7) is 4.39. The van der Waals surface area contributed by atoms with Crippen molar-refractivity contribution >= 4 is 0 Å². The van der Waals surface area contributed by atoms with Crippen LogP contribution in [0.5, 0.6) is 0 Å². The Labute approximate surface area is 89.4 Å². The molecule has 1 aromatic carbocycles. The summed E-state index contributed by atoms with van der Waals surface area (Å²) in [5.41, 5.74) is 3.56. The van der Waals surface area contributed by atoms with Crippen LogP contribution in [0.4, 0.5) is 4.39 Å². The van der Waals surface area contributed by atoms with Crippen molar-refractivity contribution in [1.29, 1.82) is 0 Å². The minimum Gasteiger partial charge on any atom is -0.377 e. The monoisotopic (exact) mass is 212 g/mol. The van der Waals surface area contributed by atoms with Crippen molar-refractivity contribution in [1.82, 2.24) is 5.43 Å². The lowest BCUT2D eigenvalue weighted by Crippen LogP contribution is -2.32. The summed E-state index contributed by atoms with van der Waals surface area (Å²) in [6.07, 6.45) is 0.154. The predicted molar refractivity (Wildman–Crippen MR) is 57.6 cm³/mol. The van der Waals surface area contributed by atoms with Gasteiger partial charge in [0.25, 0.3) is 0 Å². The Morgan fingerprint density at radius 3 is 2.40 bits per heavy atom. The van der Waals surface area contributed by atoms with Crippen molar-refractivity contribution in [3.63, 3.8) is 0 Å². The van der Waals surface area contributed by atoms with E-state index in [2.05, 4.69) is 5.43 Å². The molecule has 0 heterocycles. The number of rotatable bonds is 5. The first-order valence-electron chi connectivity index (χ1n) is 4.96. The number of ether oxygens (including phenoxy) is 1. The van der Waals surface area contributed by atoms with Crippen molar-refractivity contribution in [2.24, 2.45) is 5.84 Å². The Morgan fingerprint density at radius 1 is 1.33 bits per heavy atom. The lowest BCUT2D eigenvalue weighted by atomic mass is 10.1. The van der Waals surface area contributed by atoms with E-state index in [4.69, 9.17) is 10.6 Å². The second kappa shape index (κ2) is 5.80. The van der Waals surface area contributed by atoms with Crippen LogP contribution >= 0.6 is 0 Å². The molecule has 1 rings (SSSR count). The SMILES string of the molecule is CC(C)OCC(NN)c1ccc(F)cc1. The molecule has 0 aliphatic rings. The fourth-order valence-corrected chi connectivity index (χ4v) is 1.22. The van der Waals surface area contributed by atoms with Gasteiger partial charge in [0.15, 0.2) is 0 Å². The Hall–Kier alpha value is -0.970. The number of benzene rings is 1. The quantitative estimate of drug-likeness (QED) is 0.577. The maximum atomic E-state index is 12.7. The van der Waals surface area contributed by atoms with Gasteiger partial charge in [0.2, 0.25) is 0 Å². The molecule has 3 nitrogen and oxygen atoms in total. The molecule has 0 bridgehead atoms. The average Bonchev–Trinajstić information content (AvgIpc) is 2.21. The zero-order valence-corrected chi connectivity index (χ0v) is 9.03. The second-order valence-corrected chi connectivity index (χ2v) is 3.65. The summed E-state index contributed by atoms with van der Waals surface area (Å²) in [6, 6.07) is 6.12. The van der Waals surface area contributed by atoms with Crippen molar-refractivity contribution in [3.8, 4) is 0 Å². The van der Waals surface area contributed by atoms with Gasteiger partial charge in [-0.2, -0.15) is 0 Å². The first-order chi connectivity index (χ1) is 7.13. The number of halogens is 1. The number of nitrogens with one attached hydrogen (secondary N) is 1. The highest BCUT2D eigenvalue weighted by Crippen LogP contribution is 2.13.